The van der Waals surface area contributed by atoms with Crippen LogP contribution in [0.15, 0.2) is 30.3 Å². The number of nitrogens with one attached hydrogen (secondary N) is 1. The maximum atomic E-state index is 5.17. The van der Waals surface area contributed by atoms with Crippen LogP contribution >= 0.6 is 0 Å². The summed E-state index contributed by atoms with van der Waals surface area (Å²) in [6.45, 7) is 1.98. The van der Waals surface area contributed by atoms with Crippen molar-refractivity contribution in [3.05, 3.63) is 30.3 Å². The Morgan fingerprint density at radius 2 is 2.14 bits per heavy atom. The topological polar surface area (TPSA) is 24.5 Å². The van der Waals surface area contributed by atoms with Crippen LogP contribution in [0.3, 0.4) is 0 Å². The second-order valence-corrected chi connectivity index (χ2v) is 3.57. The van der Waals surface area contributed by atoms with Crippen LogP contribution in [0.1, 0.15) is 6.42 Å². The quantitative estimate of drug-likeness (QED) is 0.789. The van der Waals surface area contributed by atoms with Gasteiger partial charge in [-0.15, -0.1) is 0 Å². The molecule has 3 heteroatoms. The summed E-state index contributed by atoms with van der Waals surface area (Å²) in [5.41, 5.74) is 1.19. The van der Waals surface area contributed by atoms with E-state index in [-0.39, 0.29) is 0 Å². The van der Waals surface area contributed by atoms with Crippen molar-refractivity contribution in [2.24, 2.45) is 0 Å². The molecule has 1 unspecified atom stereocenters. The number of rotatable bonds is 3. The number of benzene rings is 1. The number of nitrogens with zero attached hydrogens (tertiary/aromatic N) is 1. The Bertz CT molecular complexity index is 276. The molecule has 1 heterocycles. The number of hydrogen-bond donors (Lipinski definition) is 1. The molecule has 1 aliphatic rings. The number of hydrogen-bond acceptors (Lipinski definition) is 3. The van der Waals surface area contributed by atoms with Gasteiger partial charge in [0.25, 0.3) is 0 Å². The molecule has 1 fully saturated rings. The molecule has 1 aromatic rings. The lowest BCUT2D eigenvalue weighted by molar-refractivity contribution is -0.112. The van der Waals surface area contributed by atoms with Gasteiger partial charge in [-0.05, 0) is 18.6 Å². The fourth-order valence-corrected chi connectivity index (χ4v) is 1.78. The smallest absolute Gasteiger partial charge is 0.0575 e. The molecular formula is C11H16N2O. The van der Waals surface area contributed by atoms with Crippen molar-refractivity contribution in [1.29, 1.82) is 0 Å². The zero-order chi connectivity index (χ0) is 9.80. The van der Waals surface area contributed by atoms with Gasteiger partial charge in [0.15, 0.2) is 0 Å². The van der Waals surface area contributed by atoms with Crippen LogP contribution in [-0.4, -0.2) is 31.3 Å². The highest BCUT2D eigenvalue weighted by molar-refractivity contribution is 5.43. The van der Waals surface area contributed by atoms with Crippen molar-refractivity contribution in [3.63, 3.8) is 0 Å². The lowest BCUT2D eigenvalue weighted by Crippen LogP contribution is -2.25. The van der Waals surface area contributed by atoms with Gasteiger partial charge in [-0.2, -0.15) is 5.06 Å². The monoisotopic (exact) mass is 192 g/mol. The lowest BCUT2D eigenvalue weighted by atomic mass is 10.2. The molecule has 0 aromatic heterocycles. The van der Waals surface area contributed by atoms with Crippen molar-refractivity contribution >= 4 is 5.69 Å². The first-order valence-electron chi connectivity index (χ1n) is 4.99. The van der Waals surface area contributed by atoms with Gasteiger partial charge in [0.05, 0.1) is 7.11 Å². The first-order valence-corrected chi connectivity index (χ1v) is 4.99. The van der Waals surface area contributed by atoms with Crippen LogP contribution in [0.2, 0.25) is 0 Å². The van der Waals surface area contributed by atoms with E-state index in [4.69, 9.17) is 4.84 Å². The molecule has 0 aliphatic carbocycles. The van der Waals surface area contributed by atoms with Crippen molar-refractivity contribution in [1.82, 2.24) is 5.06 Å². The average molecular weight is 192 g/mol. The van der Waals surface area contributed by atoms with E-state index >= 15 is 0 Å². The largest absolute Gasteiger partial charge is 0.381 e. The molecule has 1 atom stereocenters. The minimum absolute atomic E-state index is 0.511. The third-order valence-electron chi connectivity index (χ3n) is 2.55. The normalized spacial score (nSPS) is 22.5. The molecule has 14 heavy (non-hydrogen) atoms. The molecule has 1 saturated heterocycles. The first-order chi connectivity index (χ1) is 6.88. The maximum Gasteiger partial charge on any atom is 0.0575 e. The number of hydroxylamine groups is 2. The fourth-order valence-electron chi connectivity index (χ4n) is 1.78. The SMILES string of the molecule is CON1CCC(Nc2ccccc2)C1. The molecule has 1 aliphatic heterocycles. The minimum atomic E-state index is 0.511. The van der Waals surface area contributed by atoms with E-state index in [2.05, 4.69) is 17.4 Å². The Morgan fingerprint density at radius 3 is 2.79 bits per heavy atom. The van der Waals surface area contributed by atoms with Crippen LogP contribution in [0, 0.1) is 0 Å². The van der Waals surface area contributed by atoms with Gasteiger partial charge in [0.2, 0.25) is 0 Å². The zero-order valence-electron chi connectivity index (χ0n) is 8.44. The third kappa shape index (κ3) is 2.25. The van der Waals surface area contributed by atoms with E-state index in [1.54, 1.807) is 7.11 Å². The molecule has 2 rings (SSSR count). The standard InChI is InChI=1S/C11H16N2O/c1-14-13-8-7-11(9-13)12-10-5-3-2-4-6-10/h2-6,11-12H,7-9H2,1H3. The van der Waals surface area contributed by atoms with E-state index in [0.29, 0.717) is 6.04 Å². The van der Waals surface area contributed by atoms with Gasteiger partial charge in [-0.3, -0.25) is 0 Å². The summed E-state index contributed by atoms with van der Waals surface area (Å²) in [5, 5.41) is 5.47. The van der Waals surface area contributed by atoms with Gasteiger partial charge in [0, 0.05) is 24.8 Å². The molecule has 0 spiro atoms. The Balaban J connectivity index is 1.88. The molecule has 0 saturated carbocycles. The second-order valence-electron chi connectivity index (χ2n) is 3.57. The van der Waals surface area contributed by atoms with Gasteiger partial charge >= 0.3 is 0 Å². The summed E-state index contributed by atoms with van der Waals surface area (Å²) in [6.07, 6.45) is 1.14. The van der Waals surface area contributed by atoms with E-state index in [0.717, 1.165) is 19.5 Å². The summed E-state index contributed by atoms with van der Waals surface area (Å²) >= 11 is 0. The van der Waals surface area contributed by atoms with E-state index in [1.807, 2.05) is 23.3 Å². The molecule has 3 nitrogen and oxygen atoms in total. The van der Waals surface area contributed by atoms with Gasteiger partial charge in [-0.25, -0.2) is 0 Å². The van der Waals surface area contributed by atoms with Crippen molar-refractivity contribution < 1.29 is 4.84 Å². The average Bonchev–Trinajstić information content (AvgIpc) is 2.67. The molecule has 1 aromatic carbocycles. The summed E-state index contributed by atoms with van der Waals surface area (Å²) in [7, 11) is 1.73. The van der Waals surface area contributed by atoms with E-state index < -0.39 is 0 Å². The predicted octanol–water partition coefficient (Wildman–Crippen LogP) is 1.73. The zero-order valence-corrected chi connectivity index (χ0v) is 8.44. The molecule has 76 valence electrons. The minimum Gasteiger partial charge on any atom is -0.381 e. The van der Waals surface area contributed by atoms with Crippen LogP contribution in [0.4, 0.5) is 5.69 Å². The summed E-state index contributed by atoms with van der Waals surface area (Å²) in [5.74, 6) is 0. The molecule has 0 radical (unpaired) electrons. The maximum absolute atomic E-state index is 5.17. The highest BCUT2D eigenvalue weighted by Gasteiger charge is 2.21. The molecule has 0 bridgehead atoms. The third-order valence-corrected chi connectivity index (χ3v) is 2.55. The Hall–Kier alpha value is -1.06. The second kappa shape index (κ2) is 4.44. The number of anilines is 1. The Kier molecular flexibility index (Phi) is 3.01. The molecular weight excluding hydrogens is 176 g/mol. The summed E-state index contributed by atoms with van der Waals surface area (Å²) in [6, 6.07) is 10.8. The van der Waals surface area contributed by atoms with Gasteiger partial charge in [0.1, 0.15) is 0 Å². The fraction of sp³-hybridized carbons (Fsp3) is 0.455. The van der Waals surface area contributed by atoms with Crippen molar-refractivity contribution in [2.75, 3.05) is 25.5 Å². The van der Waals surface area contributed by atoms with Crippen LogP contribution < -0.4 is 5.32 Å². The van der Waals surface area contributed by atoms with E-state index in [9.17, 15) is 0 Å². The Morgan fingerprint density at radius 1 is 1.36 bits per heavy atom. The molecule has 0 amide bonds. The van der Waals surface area contributed by atoms with Crippen molar-refractivity contribution in [2.45, 2.75) is 12.5 Å². The van der Waals surface area contributed by atoms with Crippen LogP contribution in [0.5, 0.6) is 0 Å². The number of para-hydroxylation sites is 1. The highest BCUT2D eigenvalue weighted by Crippen LogP contribution is 2.14. The predicted molar refractivity (Wildman–Crippen MR) is 57.1 cm³/mol. The van der Waals surface area contributed by atoms with Gasteiger partial charge < -0.3 is 10.2 Å². The molecule has 1 N–H and O–H groups in total. The summed E-state index contributed by atoms with van der Waals surface area (Å²) in [4.78, 5) is 5.17. The van der Waals surface area contributed by atoms with E-state index in [1.165, 1.54) is 5.69 Å². The lowest BCUT2D eigenvalue weighted by Gasteiger charge is -2.14. The highest BCUT2D eigenvalue weighted by atomic mass is 16.7. The van der Waals surface area contributed by atoms with Crippen molar-refractivity contribution in [3.8, 4) is 0 Å². The van der Waals surface area contributed by atoms with Gasteiger partial charge in [-0.1, -0.05) is 18.2 Å². The van der Waals surface area contributed by atoms with Crippen LogP contribution in [-0.2, 0) is 4.84 Å². The Labute approximate surface area is 84.6 Å². The first kappa shape index (κ1) is 9.49. The summed E-state index contributed by atoms with van der Waals surface area (Å²) < 4.78 is 0. The van der Waals surface area contributed by atoms with Crippen LogP contribution in [0.25, 0.3) is 0 Å².